The zero-order valence-corrected chi connectivity index (χ0v) is 13.6. The van der Waals surface area contributed by atoms with Crippen molar-refractivity contribution in [3.63, 3.8) is 0 Å². The molecule has 0 aliphatic rings. The molecule has 106 valence electrons. The van der Waals surface area contributed by atoms with E-state index in [9.17, 15) is 0 Å². The Hall–Kier alpha value is -1.39. The Balaban J connectivity index is 2.20. The SMILES string of the molecule is COc1cccc(CNc2cc(Br)ccc2Cl)c1OC. The first-order valence-electron chi connectivity index (χ1n) is 6.04. The number of ether oxygens (including phenoxy) is 2. The fourth-order valence-corrected chi connectivity index (χ4v) is 2.46. The van der Waals surface area contributed by atoms with Crippen LogP contribution in [-0.2, 0) is 6.54 Å². The summed E-state index contributed by atoms with van der Waals surface area (Å²) in [7, 11) is 3.26. The van der Waals surface area contributed by atoms with Crippen molar-refractivity contribution in [2.75, 3.05) is 19.5 Å². The predicted molar refractivity (Wildman–Crippen MR) is 86.0 cm³/mol. The Kier molecular flexibility index (Phi) is 5.15. The number of methoxy groups -OCH3 is 2. The van der Waals surface area contributed by atoms with Crippen LogP contribution in [0.3, 0.4) is 0 Å². The van der Waals surface area contributed by atoms with E-state index in [4.69, 9.17) is 21.1 Å². The van der Waals surface area contributed by atoms with Gasteiger partial charge in [-0.3, -0.25) is 0 Å². The van der Waals surface area contributed by atoms with Gasteiger partial charge in [0.1, 0.15) is 0 Å². The molecule has 20 heavy (non-hydrogen) atoms. The summed E-state index contributed by atoms with van der Waals surface area (Å²) in [5, 5.41) is 3.97. The lowest BCUT2D eigenvalue weighted by Crippen LogP contribution is -2.03. The Morgan fingerprint density at radius 3 is 2.65 bits per heavy atom. The Morgan fingerprint density at radius 2 is 1.95 bits per heavy atom. The highest BCUT2D eigenvalue weighted by atomic mass is 79.9. The molecule has 0 amide bonds. The van der Waals surface area contributed by atoms with Gasteiger partial charge in [0, 0.05) is 16.6 Å². The van der Waals surface area contributed by atoms with Gasteiger partial charge in [-0.15, -0.1) is 0 Å². The number of halogens is 2. The van der Waals surface area contributed by atoms with Crippen molar-refractivity contribution >= 4 is 33.2 Å². The van der Waals surface area contributed by atoms with E-state index in [1.807, 2.05) is 36.4 Å². The predicted octanol–water partition coefficient (Wildman–Crippen LogP) is 4.73. The number of rotatable bonds is 5. The molecule has 0 saturated heterocycles. The van der Waals surface area contributed by atoms with E-state index in [0.29, 0.717) is 17.3 Å². The van der Waals surface area contributed by atoms with Crippen molar-refractivity contribution in [3.8, 4) is 11.5 Å². The molecule has 0 fully saturated rings. The number of para-hydroxylation sites is 1. The third kappa shape index (κ3) is 3.38. The van der Waals surface area contributed by atoms with Crippen molar-refractivity contribution in [3.05, 3.63) is 51.5 Å². The van der Waals surface area contributed by atoms with Crippen molar-refractivity contribution in [1.82, 2.24) is 0 Å². The van der Waals surface area contributed by atoms with Gasteiger partial charge in [0.25, 0.3) is 0 Å². The lowest BCUT2D eigenvalue weighted by atomic mass is 10.1. The first kappa shape index (κ1) is 15.0. The van der Waals surface area contributed by atoms with Crippen LogP contribution in [-0.4, -0.2) is 14.2 Å². The zero-order chi connectivity index (χ0) is 14.5. The number of benzene rings is 2. The molecule has 1 N–H and O–H groups in total. The van der Waals surface area contributed by atoms with Crippen LogP contribution in [0.4, 0.5) is 5.69 Å². The summed E-state index contributed by atoms with van der Waals surface area (Å²) < 4.78 is 11.7. The van der Waals surface area contributed by atoms with Crippen LogP contribution in [0.1, 0.15) is 5.56 Å². The maximum atomic E-state index is 6.16. The molecule has 0 saturated carbocycles. The second-order valence-electron chi connectivity index (χ2n) is 4.13. The summed E-state index contributed by atoms with van der Waals surface area (Å²) in [6, 6.07) is 11.5. The van der Waals surface area contributed by atoms with E-state index in [1.165, 1.54) is 0 Å². The van der Waals surface area contributed by atoms with Crippen molar-refractivity contribution in [1.29, 1.82) is 0 Å². The van der Waals surface area contributed by atoms with Crippen LogP contribution in [0.25, 0.3) is 0 Å². The first-order valence-corrected chi connectivity index (χ1v) is 7.21. The summed E-state index contributed by atoms with van der Waals surface area (Å²) in [6.45, 7) is 0.594. The highest BCUT2D eigenvalue weighted by Gasteiger charge is 2.09. The normalized spacial score (nSPS) is 10.2. The number of anilines is 1. The second-order valence-corrected chi connectivity index (χ2v) is 5.45. The van der Waals surface area contributed by atoms with Gasteiger partial charge in [0.05, 0.1) is 24.9 Å². The number of hydrogen-bond acceptors (Lipinski definition) is 3. The first-order chi connectivity index (χ1) is 9.65. The van der Waals surface area contributed by atoms with Gasteiger partial charge in [-0.2, -0.15) is 0 Å². The fraction of sp³-hybridized carbons (Fsp3) is 0.200. The Bertz CT molecular complexity index is 604. The third-order valence-electron chi connectivity index (χ3n) is 2.88. The van der Waals surface area contributed by atoms with Crippen LogP contribution in [0.2, 0.25) is 5.02 Å². The quantitative estimate of drug-likeness (QED) is 0.840. The minimum absolute atomic E-state index is 0.594. The molecule has 0 bridgehead atoms. The molecule has 0 spiro atoms. The fourth-order valence-electron chi connectivity index (χ4n) is 1.92. The third-order valence-corrected chi connectivity index (χ3v) is 3.71. The molecule has 3 nitrogen and oxygen atoms in total. The standard InChI is InChI=1S/C15H15BrClNO2/c1-19-14-5-3-4-10(15(14)20-2)9-18-13-8-11(16)6-7-12(13)17/h3-8,18H,9H2,1-2H3. The Morgan fingerprint density at radius 1 is 1.15 bits per heavy atom. The average Bonchev–Trinajstić information content (AvgIpc) is 2.47. The molecule has 0 atom stereocenters. The van der Waals surface area contributed by atoms with Crippen LogP contribution >= 0.6 is 27.5 Å². The van der Waals surface area contributed by atoms with Crippen LogP contribution in [0, 0.1) is 0 Å². The summed E-state index contributed by atoms with van der Waals surface area (Å²) >= 11 is 9.59. The highest BCUT2D eigenvalue weighted by Crippen LogP contribution is 2.32. The van der Waals surface area contributed by atoms with Gasteiger partial charge >= 0.3 is 0 Å². The van der Waals surface area contributed by atoms with Gasteiger partial charge in [-0.1, -0.05) is 39.7 Å². The molecule has 2 aromatic carbocycles. The minimum atomic E-state index is 0.594. The molecule has 5 heteroatoms. The summed E-state index contributed by atoms with van der Waals surface area (Å²) in [5.74, 6) is 1.45. The van der Waals surface area contributed by atoms with Crippen molar-refractivity contribution < 1.29 is 9.47 Å². The average molecular weight is 357 g/mol. The molecule has 0 aromatic heterocycles. The highest BCUT2D eigenvalue weighted by molar-refractivity contribution is 9.10. The van der Waals surface area contributed by atoms with Crippen LogP contribution < -0.4 is 14.8 Å². The maximum Gasteiger partial charge on any atom is 0.165 e. The molecular weight excluding hydrogens is 342 g/mol. The minimum Gasteiger partial charge on any atom is -0.493 e. The van der Waals surface area contributed by atoms with E-state index >= 15 is 0 Å². The summed E-state index contributed by atoms with van der Waals surface area (Å²) in [4.78, 5) is 0. The molecule has 0 aliphatic carbocycles. The second kappa shape index (κ2) is 6.86. The molecule has 2 aromatic rings. The smallest absolute Gasteiger partial charge is 0.165 e. The summed E-state index contributed by atoms with van der Waals surface area (Å²) in [6.07, 6.45) is 0. The topological polar surface area (TPSA) is 30.5 Å². The van der Waals surface area contributed by atoms with Gasteiger partial charge in [-0.25, -0.2) is 0 Å². The van der Waals surface area contributed by atoms with Crippen LogP contribution in [0.5, 0.6) is 11.5 Å². The van der Waals surface area contributed by atoms with Gasteiger partial charge in [0.2, 0.25) is 0 Å². The largest absolute Gasteiger partial charge is 0.493 e. The van der Waals surface area contributed by atoms with E-state index in [1.54, 1.807) is 14.2 Å². The van der Waals surface area contributed by atoms with Crippen LogP contribution in [0.15, 0.2) is 40.9 Å². The van der Waals surface area contributed by atoms with Gasteiger partial charge in [-0.05, 0) is 24.3 Å². The molecule has 2 rings (SSSR count). The van der Waals surface area contributed by atoms with Crippen molar-refractivity contribution in [2.45, 2.75) is 6.54 Å². The van der Waals surface area contributed by atoms with E-state index in [2.05, 4.69) is 21.2 Å². The van der Waals surface area contributed by atoms with Crippen molar-refractivity contribution in [2.24, 2.45) is 0 Å². The molecule has 0 radical (unpaired) electrons. The molecular formula is C15H15BrClNO2. The van der Waals surface area contributed by atoms with E-state index < -0.39 is 0 Å². The van der Waals surface area contributed by atoms with Gasteiger partial charge < -0.3 is 14.8 Å². The Labute approximate surface area is 132 Å². The van der Waals surface area contributed by atoms with Gasteiger partial charge in [0.15, 0.2) is 11.5 Å². The number of hydrogen-bond donors (Lipinski definition) is 1. The lowest BCUT2D eigenvalue weighted by Gasteiger charge is -2.14. The van der Waals surface area contributed by atoms with E-state index in [-0.39, 0.29) is 0 Å². The zero-order valence-electron chi connectivity index (χ0n) is 11.2. The summed E-state index contributed by atoms with van der Waals surface area (Å²) in [5.41, 5.74) is 1.87. The van der Waals surface area contributed by atoms with E-state index in [0.717, 1.165) is 21.5 Å². The monoisotopic (exact) mass is 355 g/mol. The lowest BCUT2D eigenvalue weighted by molar-refractivity contribution is 0.352. The molecule has 0 aliphatic heterocycles. The molecule has 0 unspecified atom stereocenters. The molecule has 0 heterocycles. The maximum absolute atomic E-state index is 6.16. The number of nitrogens with one attached hydrogen (secondary N) is 1.